The molecule has 0 aliphatic heterocycles. The Hall–Kier alpha value is -4.66. The van der Waals surface area contributed by atoms with Crippen LogP contribution >= 0.6 is 0 Å². The third-order valence-electron chi connectivity index (χ3n) is 8.91. The van der Waals surface area contributed by atoms with E-state index in [0.717, 1.165) is 36.8 Å². The molecule has 4 N–H and O–H groups in total. The SMILES string of the molecule is CC(C)(CCc1ccccc1)NCC(OC(=O)CCC(=O)OC(CNC(C)(C)CCc1ccccc1)c1ccc(O)cc1)c1ccc(O)cc1. The summed E-state index contributed by atoms with van der Waals surface area (Å²) in [6.07, 6.45) is 2.01. The Bertz CT molecular complexity index is 1480. The van der Waals surface area contributed by atoms with Gasteiger partial charge in [0, 0.05) is 24.2 Å². The highest BCUT2D eigenvalue weighted by Crippen LogP contribution is 2.25. The summed E-state index contributed by atoms with van der Waals surface area (Å²) in [6.45, 7) is 9.18. The third-order valence-corrected chi connectivity index (χ3v) is 8.91. The van der Waals surface area contributed by atoms with Gasteiger partial charge < -0.3 is 30.3 Å². The predicted octanol–water partition coefficient (Wildman–Crippen LogP) is 7.75. The zero-order chi connectivity index (χ0) is 36.0. The summed E-state index contributed by atoms with van der Waals surface area (Å²) in [4.78, 5) is 26.3. The van der Waals surface area contributed by atoms with Crippen molar-refractivity contribution < 1.29 is 29.3 Å². The van der Waals surface area contributed by atoms with E-state index < -0.39 is 24.1 Å². The molecule has 2 unspecified atom stereocenters. The van der Waals surface area contributed by atoms with E-state index in [4.69, 9.17) is 9.47 Å². The number of hydrogen-bond donors (Lipinski definition) is 4. The molecule has 4 rings (SSSR count). The quantitative estimate of drug-likeness (QED) is 0.0743. The lowest BCUT2D eigenvalue weighted by Gasteiger charge is -2.30. The second-order valence-electron chi connectivity index (χ2n) is 14.1. The highest BCUT2D eigenvalue weighted by molar-refractivity contribution is 5.78. The van der Waals surface area contributed by atoms with Crippen molar-refractivity contribution >= 4 is 11.9 Å². The van der Waals surface area contributed by atoms with Crippen molar-refractivity contribution in [1.29, 1.82) is 0 Å². The summed E-state index contributed by atoms with van der Waals surface area (Å²) < 4.78 is 11.8. The first-order valence-electron chi connectivity index (χ1n) is 17.4. The molecule has 2 atom stereocenters. The van der Waals surface area contributed by atoms with Crippen LogP contribution in [-0.4, -0.2) is 46.3 Å². The number of aryl methyl sites for hydroxylation is 2. The van der Waals surface area contributed by atoms with Crippen molar-refractivity contribution in [3.05, 3.63) is 131 Å². The van der Waals surface area contributed by atoms with Crippen LogP contribution in [0.1, 0.15) is 87.8 Å². The van der Waals surface area contributed by atoms with Crippen molar-refractivity contribution in [2.45, 2.75) is 89.5 Å². The Kier molecular flexibility index (Phi) is 14.0. The minimum Gasteiger partial charge on any atom is -0.508 e. The van der Waals surface area contributed by atoms with Gasteiger partial charge in [0.2, 0.25) is 0 Å². The summed E-state index contributed by atoms with van der Waals surface area (Å²) in [5, 5.41) is 26.8. The lowest BCUT2D eigenvalue weighted by molar-refractivity contribution is -0.156. The maximum absolute atomic E-state index is 13.1. The Balaban J connectivity index is 1.33. The highest BCUT2D eigenvalue weighted by atomic mass is 16.6. The van der Waals surface area contributed by atoms with Crippen molar-refractivity contribution in [3.8, 4) is 11.5 Å². The molecule has 4 aromatic rings. The van der Waals surface area contributed by atoms with Crippen LogP contribution in [0.25, 0.3) is 0 Å². The van der Waals surface area contributed by atoms with Crippen molar-refractivity contribution in [2.24, 2.45) is 0 Å². The van der Waals surface area contributed by atoms with E-state index in [2.05, 4.69) is 62.6 Å². The Morgan fingerprint density at radius 2 is 0.900 bits per heavy atom. The van der Waals surface area contributed by atoms with E-state index in [1.807, 2.05) is 36.4 Å². The first-order chi connectivity index (χ1) is 23.9. The van der Waals surface area contributed by atoms with E-state index in [0.29, 0.717) is 13.1 Å². The van der Waals surface area contributed by atoms with E-state index in [9.17, 15) is 19.8 Å². The summed E-state index contributed by atoms with van der Waals surface area (Å²) >= 11 is 0. The van der Waals surface area contributed by atoms with Crippen LogP contribution in [0.5, 0.6) is 11.5 Å². The van der Waals surface area contributed by atoms with Gasteiger partial charge in [-0.2, -0.15) is 0 Å². The molecule has 0 aromatic heterocycles. The fraction of sp³-hybridized carbons (Fsp3) is 0.381. The van der Waals surface area contributed by atoms with Crippen LogP contribution in [0.2, 0.25) is 0 Å². The molecule has 8 heteroatoms. The number of esters is 2. The van der Waals surface area contributed by atoms with Crippen LogP contribution in [0.15, 0.2) is 109 Å². The average Bonchev–Trinajstić information content (AvgIpc) is 3.11. The molecule has 0 radical (unpaired) electrons. The number of ether oxygens (including phenoxy) is 2. The van der Waals surface area contributed by atoms with Gasteiger partial charge in [-0.1, -0.05) is 84.9 Å². The normalized spacial score (nSPS) is 13.0. The minimum absolute atomic E-state index is 0.120. The molecular weight excluding hydrogens is 628 g/mol. The molecule has 0 spiro atoms. The molecule has 0 saturated carbocycles. The number of benzene rings is 4. The van der Waals surface area contributed by atoms with Crippen LogP contribution in [0.4, 0.5) is 0 Å². The Morgan fingerprint density at radius 3 is 1.24 bits per heavy atom. The van der Waals surface area contributed by atoms with Gasteiger partial charge in [0.1, 0.15) is 23.7 Å². The van der Waals surface area contributed by atoms with E-state index in [1.54, 1.807) is 48.5 Å². The van der Waals surface area contributed by atoms with Gasteiger partial charge in [0.15, 0.2) is 0 Å². The lowest BCUT2D eigenvalue weighted by atomic mass is 9.94. The smallest absolute Gasteiger partial charge is 0.307 e. The Morgan fingerprint density at radius 1 is 0.560 bits per heavy atom. The number of phenolic OH excluding ortho intramolecular Hbond substituents is 2. The number of rotatable bonds is 19. The van der Waals surface area contributed by atoms with Gasteiger partial charge in [0.05, 0.1) is 12.8 Å². The molecule has 0 fully saturated rings. The number of aromatic hydroxyl groups is 2. The molecule has 0 heterocycles. The van der Waals surface area contributed by atoms with Crippen LogP contribution in [-0.2, 0) is 31.9 Å². The fourth-order valence-electron chi connectivity index (χ4n) is 5.59. The van der Waals surface area contributed by atoms with Gasteiger partial charge >= 0.3 is 11.9 Å². The second kappa shape index (κ2) is 18.4. The Labute approximate surface area is 296 Å². The van der Waals surface area contributed by atoms with E-state index >= 15 is 0 Å². The molecule has 0 aliphatic rings. The predicted molar refractivity (Wildman–Crippen MR) is 197 cm³/mol. The summed E-state index contributed by atoms with van der Waals surface area (Å²) in [5.41, 5.74) is 3.50. The van der Waals surface area contributed by atoms with E-state index in [1.165, 1.54) is 11.1 Å². The molecule has 50 heavy (non-hydrogen) atoms. The topological polar surface area (TPSA) is 117 Å². The number of carbonyl (C=O) groups is 2. The molecule has 4 aromatic carbocycles. The van der Waals surface area contributed by atoms with Gasteiger partial charge in [-0.3, -0.25) is 9.59 Å². The number of nitrogens with one attached hydrogen (secondary N) is 2. The van der Waals surface area contributed by atoms with Crippen LogP contribution in [0.3, 0.4) is 0 Å². The average molecular weight is 681 g/mol. The molecule has 0 bridgehead atoms. The highest BCUT2D eigenvalue weighted by Gasteiger charge is 2.25. The third kappa shape index (κ3) is 13.3. The maximum atomic E-state index is 13.1. The molecular formula is C42H52N2O6. The van der Waals surface area contributed by atoms with Crippen molar-refractivity contribution in [3.63, 3.8) is 0 Å². The minimum atomic E-state index is -0.623. The van der Waals surface area contributed by atoms with Crippen LogP contribution < -0.4 is 10.6 Å². The number of hydrogen-bond acceptors (Lipinski definition) is 8. The standard InChI is InChI=1S/C42H52N2O6/c1-41(2,27-25-31-11-7-5-8-12-31)43-29-37(33-15-19-35(45)20-16-33)49-39(47)23-24-40(48)50-38(34-17-21-36(46)22-18-34)30-44-42(3,4)28-26-32-13-9-6-10-14-32/h5-22,37-38,43-46H,23-30H2,1-4H3. The molecule has 0 saturated heterocycles. The number of carbonyl (C=O) groups excluding carboxylic acids is 2. The zero-order valence-corrected chi connectivity index (χ0v) is 29.7. The maximum Gasteiger partial charge on any atom is 0.307 e. The monoisotopic (exact) mass is 680 g/mol. The largest absolute Gasteiger partial charge is 0.508 e. The summed E-state index contributed by atoms with van der Waals surface area (Å²) in [5.74, 6) is -0.805. The second-order valence-corrected chi connectivity index (χ2v) is 14.1. The van der Waals surface area contributed by atoms with E-state index in [-0.39, 0.29) is 35.4 Å². The van der Waals surface area contributed by atoms with Gasteiger partial charge in [-0.25, -0.2) is 0 Å². The molecule has 8 nitrogen and oxygen atoms in total. The fourth-order valence-corrected chi connectivity index (χ4v) is 5.59. The lowest BCUT2D eigenvalue weighted by Crippen LogP contribution is -2.42. The molecule has 0 aliphatic carbocycles. The molecule has 266 valence electrons. The summed E-state index contributed by atoms with van der Waals surface area (Å²) in [7, 11) is 0. The first-order valence-corrected chi connectivity index (χ1v) is 17.4. The van der Waals surface area contributed by atoms with Crippen LogP contribution in [0, 0.1) is 0 Å². The first kappa shape index (κ1) is 38.1. The van der Waals surface area contributed by atoms with Crippen molar-refractivity contribution in [1.82, 2.24) is 10.6 Å². The number of phenols is 2. The van der Waals surface area contributed by atoms with Gasteiger partial charge in [0.25, 0.3) is 0 Å². The molecule has 0 amide bonds. The van der Waals surface area contributed by atoms with Gasteiger partial charge in [-0.15, -0.1) is 0 Å². The van der Waals surface area contributed by atoms with Gasteiger partial charge in [-0.05, 0) is 99.9 Å². The van der Waals surface area contributed by atoms with Crippen molar-refractivity contribution in [2.75, 3.05) is 13.1 Å². The zero-order valence-electron chi connectivity index (χ0n) is 29.7. The summed E-state index contributed by atoms with van der Waals surface area (Å²) in [6, 6.07) is 33.8.